The zero-order chi connectivity index (χ0) is 14.1. The minimum absolute atomic E-state index is 0. The van der Waals surface area contributed by atoms with Crippen LogP contribution in [0.2, 0.25) is 0 Å². The minimum atomic E-state index is -0.179. The van der Waals surface area contributed by atoms with Crippen molar-refractivity contribution in [1.29, 1.82) is 0 Å². The van der Waals surface area contributed by atoms with Crippen molar-refractivity contribution in [1.82, 2.24) is 10.6 Å². The van der Waals surface area contributed by atoms with E-state index < -0.39 is 0 Å². The van der Waals surface area contributed by atoms with E-state index >= 15 is 0 Å². The lowest BCUT2D eigenvalue weighted by atomic mass is 9.97. The normalized spacial score (nSPS) is 16.3. The van der Waals surface area contributed by atoms with Crippen LogP contribution in [0.1, 0.15) is 58.3 Å². The summed E-state index contributed by atoms with van der Waals surface area (Å²) in [6, 6.07) is 0. The van der Waals surface area contributed by atoms with Crippen molar-refractivity contribution in [3.8, 4) is 0 Å². The van der Waals surface area contributed by atoms with Crippen LogP contribution in [0.25, 0.3) is 0 Å². The van der Waals surface area contributed by atoms with Crippen molar-refractivity contribution in [2.24, 2.45) is 5.73 Å². The lowest BCUT2D eigenvalue weighted by Crippen LogP contribution is -2.51. The molecule has 1 aliphatic rings. The van der Waals surface area contributed by atoms with Crippen LogP contribution in [-0.4, -0.2) is 30.4 Å². The number of carbonyl (C=O) groups excluding carboxylic acids is 2. The Bertz CT molecular complexity index is 305. The molecule has 0 aliphatic heterocycles. The topological polar surface area (TPSA) is 84.2 Å². The second kappa shape index (κ2) is 10.00. The van der Waals surface area contributed by atoms with Gasteiger partial charge in [0.2, 0.25) is 11.8 Å². The second-order valence-corrected chi connectivity index (χ2v) is 5.44. The number of nitrogens with one attached hydrogen (secondary N) is 2. The number of hydrogen-bond donors (Lipinski definition) is 3. The lowest BCUT2D eigenvalue weighted by Gasteiger charge is -2.28. The van der Waals surface area contributed by atoms with Crippen LogP contribution in [0.4, 0.5) is 0 Å². The molecule has 6 heteroatoms. The summed E-state index contributed by atoms with van der Waals surface area (Å²) in [5.41, 5.74) is 5.59. The Hall–Kier alpha value is -0.810. The fourth-order valence-electron chi connectivity index (χ4n) is 2.55. The molecule has 0 aromatic rings. The molecular weight excluding hydrogens is 278 g/mol. The van der Waals surface area contributed by atoms with E-state index in [0.717, 1.165) is 32.1 Å². The molecule has 0 unspecified atom stereocenters. The molecule has 0 radical (unpaired) electrons. The molecule has 2 amide bonds. The van der Waals surface area contributed by atoms with E-state index in [0.29, 0.717) is 32.4 Å². The Morgan fingerprint density at radius 1 is 1.15 bits per heavy atom. The third-order valence-electron chi connectivity index (χ3n) is 3.74. The van der Waals surface area contributed by atoms with Gasteiger partial charge in [0.1, 0.15) is 0 Å². The molecule has 1 rings (SSSR count). The van der Waals surface area contributed by atoms with Crippen LogP contribution in [0, 0.1) is 0 Å². The van der Waals surface area contributed by atoms with E-state index in [2.05, 4.69) is 10.6 Å². The monoisotopic (exact) mass is 305 g/mol. The number of amides is 2. The molecule has 0 atom stereocenters. The van der Waals surface area contributed by atoms with Crippen molar-refractivity contribution in [2.75, 3.05) is 13.1 Å². The molecule has 5 nitrogen and oxygen atoms in total. The van der Waals surface area contributed by atoms with Crippen molar-refractivity contribution in [2.45, 2.75) is 63.8 Å². The molecule has 0 heterocycles. The number of halogens is 1. The molecule has 20 heavy (non-hydrogen) atoms. The summed E-state index contributed by atoms with van der Waals surface area (Å²) in [7, 11) is 0. The second-order valence-electron chi connectivity index (χ2n) is 5.44. The van der Waals surface area contributed by atoms with Gasteiger partial charge in [-0.2, -0.15) is 0 Å². The van der Waals surface area contributed by atoms with Gasteiger partial charge in [-0.1, -0.05) is 19.8 Å². The minimum Gasteiger partial charge on any atom is -0.356 e. The van der Waals surface area contributed by atoms with Crippen LogP contribution in [0.5, 0.6) is 0 Å². The highest BCUT2D eigenvalue weighted by Crippen LogP contribution is 2.28. The predicted octanol–water partition coefficient (Wildman–Crippen LogP) is 1.49. The lowest BCUT2D eigenvalue weighted by molar-refractivity contribution is -0.123. The van der Waals surface area contributed by atoms with Gasteiger partial charge in [-0.15, -0.1) is 12.4 Å². The van der Waals surface area contributed by atoms with Gasteiger partial charge in [0.05, 0.1) is 5.54 Å². The maximum absolute atomic E-state index is 11.9. The van der Waals surface area contributed by atoms with Gasteiger partial charge in [0.15, 0.2) is 0 Å². The van der Waals surface area contributed by atoms with Crippen LogP contribution in [-0.2, 0) is 9.59 Å². The molecule has 0 saturated heterocycles. The summed E-state index contributed by atoms with van der Waals surface area (Å²) in [6.07, 6.45) is 6.59. The van der Waals surface area contributed by atoms with Gasteiger partial charge in [-0.3, -0.25) is 9.59 Å². The van der Waals surface area contributed by atoms with Gasteiger partial charge in [0, 0.05) is 25.9 Å². The molecule has 0 bridgehead atoms. The average molecular weight is 306 g/mol. The molecule has 1 saturated carbocycles. The van der Waals surface area contributed by atoms with E-state index in [1.807, 2.05) is 6.92 Å². The summed E-state index contributed by atoms with van der Waals surface area (Å²) in [6.45, 7) is 3.23. The number of hydrogen-bond acceptors (Lipinski definition) is 3. The zero-order valence-corrected chi connectivity index (χ0v) is 13.2. The van der Waals surface area contributed by atoms with Crippen molar-refractivity contribution in [3.63, 3.8) is 0 Å². The highest BCUT2D eigenvalue weighted by atomic mass is 35.5. The van der Waals surface area contributed by atoms with Crippen LogP contribution >= 0.6 is 12.4 Å². The van der Waals surface area contributed by atoms with E-state index in [9.17, 15) is 9.59 Å². The van der Waals surface area contributed by atoms with Crippen molar-refractivity contribution < 1.29 is 9.59 Å². The molecule has 0 spiro atoms. The highest BCUT2D eigenvalue weighted by Gasteiger charge is 2.33. The SMILES string of the molecule is CCCNC(=O)CCCC(=O)NC1(CN)CCCC1.Cl. The fraction of sp³-hybridized carbons (Fsp3) is 0.857. The maximum Gasteiger partial charge on any atom is 0.220 e. The highest BCUT2D eigenvalue weighted by molar-refractivity contribution is 5.85. The Kier molecular flexibility index (Phi) is 9.59. The first kappa shape index (κ1) is 19.2. The zero-order valence-electron chi connectivity index (χ0n) is 12.4. The molecule has 0 aromatic heterocycles. The third kappa shape index (κ3) is 6.57. The summed E-state index contributed by atoms with van der Waals surface area (Å²) in [5, 5.41) is 5.87. The van der Waals surface area contributed by atoms with Crippen LogP contribution in [0.3, 0.4) is 0 Å². The largest absolute Gasteiger partial charge is 0.356 e. The Labute approximate surface area is 127 Å². The van der Waals surface area contributed by atoms with Gasteiger partial charge in [-0.05, 0) is 25.7 Å². The predicted molar refractivity (Wildman–Crippen MR) is 82.8 cm³/mol. The fourth-order valence-corrected chi connectivity index (χ4v) is 2.55. The van der Waals surface area contributed by atoms with Crippen LogP contribution < -0.4 is 16.4 Å². The van der Waals surface area contributed by atoms with Gasteiger partial charge in [0.25, 0.3) is 0 Å². The molecule has 1 fully saturated rings. The maximum atomic E-state index is 11.9. The Balaban J connectivity index is 0.00000361. The summed E-state index contributed by atoms with van der Waals surface area (Å²) < 4.78 is 0. The third-order valence-corrected chi connectivity index (χ3v) is 3.74. The first-order valence-electron chi connectivity index (χ1n) is 7.39. The van der Waals surface area contributed by atoms with E-state index in [-0.39, 0.29) is 29.8 Å². The number of rotatable bonds is 8. The Morgan fingerprint density at radius 3 is 2.30 bits per heavy atom. The van der Waals surface area contributed by atoms with E-state index in [1.54, 1.807) is 0 Å². The van der Waals surface area contributed by atoms with E-state index in [1.165, 1.54) is 0 Å². The molecule has 4 N–H and O–H groups in total. The van der Waals surface area contributed by atoms with E-state index in [4.69, 9.17) is 5.73 Å². The molecular formula is C14H28ClN3O2. The first-order valence-corrected chi connectivity index (χ1v) is 7.39. The standard InChI is InChI=1S/C14H27N3O2.ClH/c1-2-10-16-12(18)6-5-7-13(19)17-14(11-15)8-3-4-9-14;/h2-11,15H2,1H3,(H,16,18)(H,17,19);1H. The summed E-state index contributed by atoms with van der Waals surface area (Å²) in [4.78, 5) is 23.2. The summed E-state index contributed by atoms with van der Waals surface area (Å²) in [5.74, 6) is 0.0553. The van der Waals surface area contributed by atoms with Crippen LogP contribution in [0.15, 0.2) is 0 Å². The molecule has 1 aliphatic carbocycles. The van der Waals surface area contributed by atoms with Gasteiger partial charge < -0.3 is 16.4 Å². The first-order chi connectivity index (χ1) is 9.12. The summed E-state index contributed by atoms with van der Waals surface area (Å²) >= 11 is 0. The Morgan fingerprint density at radius 2 is 1.75 bits per heavy atom. The van der Waals surface area contributed by atoms with Crippen molar-refractivity contribution in [3.05, 3.63) is 0 Å². The molecule has 118 valence electrons. The van der Waals surface area contributed by atoms with Gasteiger partial charge in [-0.25, -0.2) is 0 Å². The quantitative estimate of drug-likeness (QED) is 0.635. The number of nitrogens with two attached hydrogens (primary N) is 1. The smallest absolute Gasteiger partial charge is 0.220 e. The average Bonchev–Trinajstić information content (AvgIpc) is 2.85. The number of carbonyl (C=O) groups is 2. The van der Waals surface area contributed by atoms with Gasteiger partial charge >= 0.3 is 0 Å². The molecule has 0 aromatic carbocycles. The van der Waals surface area contributed by atoms with Crippen molar-refractivity contribution >= 4 is 24.2 Å².